The number of ether oxygens (including phenoxy) is 1. The van der Waals surface area contributed by atoms with E-state index in [0.717, 1.165) is 17.9 Å². The Hall–Kier alpha value is -1.81. The van der Waals surface area contributed by atoms with E-state index in [9.17, 15) is 9.59 Å². The molecule has 0 radical (unpaired) electrons. The van der Waals surface area contributed by atoms with Gasteiger partial charge in [-0.2, -0.15) is 0 Å². The van der Waals surface area contributed by atoms with Crippen LogP contribution < -0.4 is 5.63 Å². The quantitative estimate of drug-likeness (QED) is 0.589. The van der Waals surface area contributed by atoms with E-state index in [-0.39, 0.29) is 12.6 Å². The summed E-state index contributed by atoms with van der Waals surface area (Å²) in [6, 6.07) is 4.87. The SMILES string of the molecule is Cc1cc2oc(=O)cc(COC(=O)C[C@H]3C[C@H]4CC[C@@H]3C4)c2cc1Cl. The maximum Gasteiger partial charge on any atom is 0.336 e. The molecule has 0 spiro atoms. The molecule has 3 atom stereocenters. The largest absolute Gasteiger partial charge is 0.461 e. The van der Waals surface area contributed by atoms with Crippen molar-refractivity contribution >= 4 is 28.5 Å². The lowest BCUT2D eigenvalue weighted by Crippen LogP contribution is -2.17. The molecule has 0 N–H and O–H groups in total. The smallest absolute Gasteiger partial charge is 0.336 e. The van der Waals surface area contributed by atoms with Crippen molar-refractivity contribution in [2.75, 3.05) is 0 Å². The van der Waals surface area contributed by atoms with E-state index >= 15 is 0 Å². The Morgan fingerprint density at radius 1 is 1.28 bits per heavy atom. The molecule has 2 aliphatic rings. The number of benzene rings is 1. The number of aryl methyl sites for hydroxylation is 1. The number of esters is 1. The molecule has 25 heavy (non-hydrogen) atoms. The predicted molar refractivity (Wildman–Crippen MR) is 95.6 cm³/mol. The molecule has 2 aliphatic carbocycles. The zero-order valence-corrected chi connectivity index (χ0v) is 15.0. The molecular formula is C20H21ClO4. The topological polar surface area (TPSA) is 56.5 Å². The van der Waals surface area contributed by atoms with E-state index in [2.05, 4.69) is 0 Å². The zero-order chi connectivity index (χ0) is 17.6. The first-order valence-electron chi connectivity index (χ1n) is 8.88. The van der Waals surface area contributed by atoms with E-state index in [0.29, 0.717) is 39.8 Å². The third-order valence-corrected chi connectivity index (χ3v) is 6.22. The monoisotopic (exact) mass is 360 g/mol. The minimum atomic E-state index is -0.451. The molecular weight excluding hydrogens is 340 g/mol. The molecule has 0 saturated heterocycles. The minimum absolute atomic E-state index is 0.0706. The normalized spacial score (nSPS) is 24.8. The van der Waals surface area contributed by atoms with E-state index < -0.39 is 5.63 Å². The van der Waals surface area contributed by atoms with Gasteiger partial charge in [0, 0.05) is 28.5 Å². The van der Waals surface area contributed by atoms with Crippen molar-refractivity contribution in [1.82, 2.24) is 0 Å². The molecule has 0 amide bonds. The number of hydrogen-bond acceptors (Lipinski definition) is 4. The summed E-state index contributed by atoms with van der Waals surface area (Å²) in [5.41, 5.74) is 1.49. The van der Waals surface area contributed by atoms with Gasteiger partial charge in [-0.3, -0.25) is 4.79 Å². The van der Waals surface area contributed by atoms with E-state index in [1.54, 1.807) is 12.1 Å². The molecule has 5 heteroatoms. The van der Waals surface area contributed by atoms with Crippen molar-refractivity contribution in [2.24, 2.45) is 17.8 Å². The van der Waals surface area contributed by atoms with Crippen LogP contribution in [0.3, 0.4) is 0 Å². The van der Waals surface area contributed by atoms with Gasteiger partial charge in [0.2, 0.25) is 0 Å². The zero-order valence-electron chi connectivity index (χ0n) is 14.2. The number of halogens is 1. The first-order valence-corrected chi connectivity index (χ1v) is 9.26. The molecule has 1 aromatic heterocycles. The molecule has 4 rings (SSSR count). The van der Waals surface area contributed by atoms with E-state index in [1.165, 1.54) is 25.3 Å². The van der Waals surface area contributed by atoms with Gasteiger partial charge in [-0.1, -0.05) is 18.0 Å². The summed E-state index contributed by atoms with van der Waals surface area (Å²) in [6.07, 6.45) is 5.50. The van der Waals surface area contributed by atoms with Crippen LogP contribution >= 0.6 is 11.6 Å². The number of rotatable bonds is 4. The van der Waals surface area contributed by atoms with Crippen LogP contribution in [0.1, 0.15) is 43.2 Å². The van der Waals surface area contributed by atoms with Crippen LogP contribution in [-0.4, -0.2) is 5.97 Å². The number of carbonyl (C=O) groups is 1. The van der Waals surface area contributed by atoms with Gasteiger partial charge >= 0.3 is 11.6 Å². The van der Waals surface area contributed by atoms with Crippen molar-refractivity contribution < 1.29 is 13.9 Å². The Bertz CT molecular complexity index is 885. The molecule has 2 bridgehead atoms. The van der Waals surface area contributed by atoms with Crippen molar-refractivity contribution in [2.45, 2.75) is 45.6 Å². The molecule has 0 unspecified atom stereocenters. The van der Waals surface area contributed by atoms with Crippen molar-refractivity contribution in [3.63, 3.8) is 0 Å². The van der Waals surface area contributed by atoms with Crippen LogP contribution in [0.15, 0.2) is 27.4 Å². The Kier molecular flexibility index (Phi) is 4.32. The second-order valence-electron chi connectivity index (χ2n) is 7.49. The second-order valence-corrected chi connectivity index (χ2v) is 7.90. The summed E-state index contributed by atoms with van der Waals surface area (Å²) in [5.74, 6) is 1.80. The summed E-state index contributed by atoms with van der Waals surface area (Å²) in [6.45, 7) is 1.92. The molecule has 132 valence electrons. The highest BCUT2D eigenvalue weighted by Crippen LogP contribution is 2.49. The van der Waals surface area contributed by atoms with Crippen molar-refractivity contribution in [1.29, 1.82) is 0 Å². The van der Waals surface area contributed by atoms with Gasteiger partial charge in [0.25, 0.3) is 0 Å². The summed E-state index contributed by atoms with van der Waals surface area (Å²) in [5, 5.41) is 1.30. The van der Waals surface area contributed by atoms with Gasteiger partial charge in [-0.05, 0) is 61.6 Å². The minimum Gasteiger partial charge on any atom is -0.461 e. The van der Waals surface area contributed by atoms with Gasteiger partial charge in [0.05, 0.1) is 0 Å². The van der Waals surface area contributed by atoms with Crippen LogP contribution in [-0.2, 0) is 16.1 Å². The van der Waals surface area contributed by atoms with Gasteiger partial charge in [-0.15, -0.1) is 0 Å². The number of carbonyl (C=O) groups excluding carboxylic acids is 1. The fourth-order valence-corrected chi connectivity index (χ4v) is 4.69. The molecule has 0 aliphatic heterocycles. The molecule has 2 fully saturated rings. The van der Waals surface area contributed by atoms with E-state index in [1.807, 2.05) is 6.92 Å². The molecule has 2 saturated carbocycles. The maximum atomic E-state index is 12.2. The summed E-state index contributed by atoms with van der Waals surface area (Å²) in [7, 11) is 0. The van der Waals surface area contributed by atoms with Gasteiger partial charge < -0.3 is 9.15 Å². The molecule has 1 aromatic carbocycles. The third-order valence-electron chi connectivity index (χ3n) is 5.81. The van der Waals surface area contributed by atoms with Crippen molar-refractivity contribution in [3.8, 4) is 0 Å². The lowest BCUT2D eigenvalue weighted by atomic mass is 9.86. The fraction of sp³-hybridized carbons (Fsp3) is 0.500. The lowest BCUT2D eigenvalue weighted by Gasteiger charge is -2.20. The average Bonchev–Trinajstić information content (AvgIpc) is 3.17. The van der Waals surface area contributed by atoms with Gasteiger partial charge in [-0.25, -0.2) is 4.79 Å². The fourth-order valence-electron chi connectivity index (χ4n) is 4.53. The van der Waals surface area contributed by atoms with Crippen LogP contribution in [0.2, 0.25) is 5.02 Å². The first kappa shape index (κ1) is 16.6. The Morgan fingerprint density at radius 2 is 2.12 bits per heavy atom. The third kappa shape index (κ3) is 3.32. The van der Waals surface area contributed by atoms with Crippen LogP contribution in [0.5, 0.6) is 0 Å². The van der Waals surface area contributed by atoms with Gasteiger partial charge in [0.1, 0.15) is 12.2 Å². The molecule has 1 heterocycles. The first-order chi connectivity index (χ1) is 12.0. The standard InChI is InChI=1S/C20H21ClO4/c1-11-4-18-16(9-17(11)21)15(8-20(23)25-18)10-24-19(22)7-14-6-12-2-3-13(14)5-12/h4,8-9,12-14H,2-3,5-7,10H2,1H3/t12-,13+,14+/m0/s1. The highest BCUT2D eigenvalue weighted by molar-refractivity contribution is 6.32. The highest BCUT2D eigenvalue weighted by atomic mass is 35.5. The Labute approximate surface area is 151 Å². The summed E-state index contributed by atoms with van der Waals surface area (Å²) < 4.78 is 10.7. The van der Waals surface area contributed by atoms with Gasteiger partial charge in [0.15, 0.2) is 0 Å². The summed E-state index contributed by atoms with van der Waals surface area (Å²) in [4.78, 5) is 24.0. The van der Waals surface area contributed by atoms with Crippen molar-refractivity contribution in [3.05, 3.63) is 44.8 Å². The Balaban J connectivity index is 1.48. The molecule has 2 aromatic rings. The summed E-state index contributed by atoms with van der Waals surface area (Å²) >= 11 is 6.18. The van der Waals surface area contributed by atoms with E-state index in [4.69, 9.17) is 20.8 Å². The van der Waals surface area contributed by atoms with Crippen LogP contribution in [0.25, 0.3) is 11.0 Å². The van der Waals surface area contributed by atoms with Crippen LogP contribution in [0.4, 0.5) is 0 Å². The lowest BCUT2D eigenvalue weighted by molar-refractivity contribution is -0.146. The molecule has 4 nitrogen and oxygen atoms in total. The second kappa shape index (κ2) is 6.49. The maximum absolute atomic E-state index is 12.2. The van der Waals surface area contributed by atoms with Crippen LogP contribution in [0, 0.1) is 24.7 Å². The number of hydrogen-bond donors (Lipinski definition) is 0. The Morgan fingerprint density at radius 3 is 2.84 bits per heavy atom. The average molecular weight is 361 g/mol. The predicted octanol–water partition coefficient (Wildman–Crippen LogP) is 4.62. The highest BCUT2D eigenvalue weighted by Gasteiger charge is 2.40. The number of fused-ring (bicyclic) bond motifs is 3.